The van der Waals surface area contributed by atoms with Gasteiger partial charge in [-0.25, -0.2) is 9.37 Å². The van der Waals surface area contributed by atoms with Crippen LogP contribution < -0.4 is 27.2 Å². The van der Waals surface area contributed by atoms with E-state index in [2.05, 4.69) is 63.1 Å². The summed E-state index contributed by atoms with van der Waals surface area (Å²) in [6.45, 7) is 12.3. The van der Waals surface area contributed by atoms with Crippen molar-refractivity contribution in [2.45, 2.75) is 65.1 Å². The number of aromatic nitrogens is 2. The molecule has 13 heteroatoms. The molecule has 0 bridgehead atoms. The highest BCUT2D eigenvalue weighted by Crippen LogP contribution is 2.37. The van der Waals surface area contributed by atoms with Gasteiger partial charge in [-0.3, -0.25) is 15.7 Å². The topological polar surface area (TPSA) is 140 Å². The van der Waals surface area contributed by atoms with Crippen LogP contribution in [-0.2, 0) is 0 Å². The number of likely N-dealkylation sites (tertiary alicyclic amines) is 1. The Bertz CT molecular complexity index is 1800. The number of aryl methyl sites for hydroxylation is 2. The number of nitriles is 1. The van der Waals surface area contributed by atoms with E-state index in [0.29, 0.717) is 56.0 Å². The summed E-state index contributed by atoms with van der Waals surface area (Å²) in [7, 11) is 0. The van der Waals surface area contributed by atoms with Gasteiger partial charge < -0.3 is 25.8 Å². The second kappa shape index (κ2) is 13.7. The molecule has 0 saturated carbocycles. The zero-order valence-corrected chi connectivity index (χ0v) is 27.9. The molecule has 1 atom stereocenters. The van der Waals surface area contributed by atoms with Crippen LogP contribution in [0.4, 0.5) is 21.5 Å². The van der Waals surface area contributed by atoms with Gasteiger partial charge in [0.05, 0.1) is 32.5 Å². The first-order valence-electron chi connectivity index (χ1n) is 15.0. The third-order valence-electron chi connectivity index (χ3n) is 8.15. The van der Waals surface area contributed by atoms with Crippen molar-refractivity contribution in [1.82, 2.24) is 25.6 Å². The van der Waals surface area contributed by atoms with Crippen LogP contribution in [0.5, 0.6) is 0 Å². The normalized spacial score (nSPS) is 15.4. The van der Waals surface area contributed by atoms with Gasteiger partial charge >= 0.3 is 0 Å². The Hall–Kier alpha value is -4.08. The maximum atomic E-state index is 13.9. The van der Waals surface area contributed by atoms with E-state index in [-0.39, 0.29) is 22.2 Å². The zero-order valence-electron chi connectivity index (χ0n) is 26.4. The number of nitrogens with zero attached hydrogens (tertiary/aromatic N) is 4. The monoisotopic (exact) mass is 665 g/mol. The van der Waals surface area contributed by atoms with Gasteiger partial charge in [0.1, 0.15) is 29.4 Å². The molecule has 242 valence electrons. The molecule has 0 amide bonds. The lowest BCUT2D eigenvalue weighted by Gasteiger charge is -2.41. The number of hydrogen-bond acceptors (Lipinski definition) is 10. The fourth-order valence-electron chi connectivity index (χ4n) is 5.69. The Morgan fingerprint density at radius 3 is 2.48 bits per heavy atom. The summed E-state index contributed by atoms with van der Waals surface area (Å²) in [5, 5.41) is 21.1. The molecule has 10 nitrogen and oxygen atoms in total. The molecular weight excluding hydrogens is 628 g/mol. The molecule has 0 spiro atoms. The van der Waals surface area contributed by atoms with Gasteiger partial charge in [-0.05, 0) is 70.9 Å². The molecule has 0 radical (unpaired) electrons. The summed E-state index contributed by atoms with van der Waals surface area (Å²) in [5.74, 6) is 6.72. The predicted molar refractivity (Wildman–Crippen MR) is 181 cm³/mol. The standard InChI is InChI=1S/C33H38Cl2FN9O/c1-18-29(41-19(2)46-18)32(28(44-38)17-39-21-8-10-45(11-9-21)33(3,4)5)43-23-12-24-30(42-22-6-7-27(36)25(34)13-22)20(15-37)16-40-31(24)26(35)14-23/h6-7,12-14,16-17,21,32,39,43-44H,8-11,38H2,1-5H3,(H,40,42)/b28-17-/t32-/m1/s1. The van der Waals surface area contributed by atoms with Gasteiger partial charge in [0, 0.05) is 60.8 Å². The highest BCUT2D eigenvalue weighted by molar-refractivity contribution is 6.36. The number of fused-ring (bicyclic) bond motifs is 1. The molecule has 5 rings (SSSR count). The lowest BCUT2D eigenvalue weighted by atomic mass is 9.98. The summed E-state index contributed by atoms with van der Waals surface area (Å²) in [5.41, 5.74) is 6.56. The summed E-state index contributed by atoms with van der Waals surface area (Å²) in [4.78, 5) is 11.6. The number of benzene rings is 2. The first-order chi connectivity index (χ1) is 21.9. The number of rotatable bonds is 9. The molecule has 46 heavy (non-hydrogen) atoms. The van der Waals surface area contributed by atoms with Gasteiger partial charge in [-0.2, -0.15) is 5.26 Å². The van der Waals surface area contributed by atoms with Crippen LogP contribution in [0.1, 0.15) is 62.6 Å². The van der Waals surface area contributed by atoms with E-state index in [9.17, 15) is 9.65 Å². The molecule has 1 aliphatic rings. The number of pyridine rings is 1. The zero-order chi connectivity index (χ0) is 33.2. The number of halogens is 3. The number of anilines is 3. The molecule has 3 heterocycles. The SMILES string of the molecule is Cc1nc([C@H](Nc2cc(Cl)c3ncc(C#N)c(Nc4ccc(F)c(Cl)c4)c3c2)/C(=C/NC2CCN(C(C)(C)C)CC2)NN)c(C)o1. The Balaban J connectivity index is 1.51. The van der Waals surface area contributed by atoms with Crippen molar-refractivity contribution in [1.29, 1.82) is 5.26 Å². The molecule has 0 unspecified atom stereocenters. The second-order valence-electron chi connectivity index (χ2n) is 12.4. The summed E-state index contributed by atoms with van der Waals surface area (Å²) < 4.78 is 19.7. The van der Waals surface area contributed by atoms with Crippen LogP contribution in [0, 0.1) is 31.0 Å². The summed E-state index contributed by atoms with van der Waals surface area (Å²) >= 11 is 12.8. The van der Waals surface area contributed by atoms with Gasteiger partial charge in [-0.15, -0.1) is 0 Å². The van der Waals surface area contributed by atoms with Crippen molar-refractivity contribution in [2.75, 3.05) is 23.7 Å². The minimum absolute atomic E-state index is 0.0506. The highest BCUT2D eigenvalue weighted by atomic mass is 35.5. The Labute approximate surface area is 278 Å². The van der Waals surface area contributed by atoms with E-state index in [1.165, 1.54) is 24.4 Å². The van der Waals surface area contributed by atoms with Gasteiger partial charge in [0.25, 0.3) is 0 Å². The maximum absolute atomic E-state index is 13.9. The number of oxazole rings is 1. The van der Waals surface area contributed by atoms with Crippen molar-refractivity contribution in [3.8, 4) is 6.07 Å². The Kier molecular flexibility index (Phi) is 9.93. The van der Waals surface area contributed by atoms with Crippen molar-refractivity contribution >= 4 is 51.2 Å². The van der Waals surface area contributed by atoms with E-state index in [1.807, 2.05) is 19.2 Å². The summed E-state index contributed by atoms with van der Waals surface area (Å²) in [6, 6.07) is 9.71. The van der Waals surface area contributed by atoms with Gasteiger partial charge in [0.15, 0.2) is 5.89 Å². The highest BCUT2D eigenvalue weighted by Gasteiger charge is 2.28. The maximum Gasteiger partial charge on any atom is 0.191 e. The van der Waals surface area contributed by atoms with E-state index in [1.54, 1.807) is 13.0 Å². The number of nitrogens with one attached hydrogen (secondary N) is 4. The third kappa shape index (κ3) is 7.32. The lowest BCUT2D eigenvalue weighted by Crippen LogP contribution is -2.49. The minimum Gasteiger partial charge on any atom is -0.446 e. The number of hydrazine groups is 1. The smallest absolute Gasteiger partial charge is 0.191 e. The van der Waals surface area contributed by atoms with Crippen molar-refractivity contribution in [3.05, 3.63) is 87.2 Å². The van der Waals surface area contributed by atoms with Crippen LogP contribution in [-0.4, -0.2) is 39.5 Å². The molecular formula is C33H38Cl2FN9O. The molecule has 6 N–H and O–H groups in total. The van der Waals surface area contributed by atoms with E-state index in [0.717, 1.165) is 25.9 Å². The van der Waals surface area contributed by atoms with Crippen LogP contribution >= 0.6 is 23.2 Å². The quantitative estimate of drug-likeness (QED) is 0.0920. The molecule has 2 aromatic heterocycles. The van der Waals surface area contributed by atoms with Crippen molar-refractivity contribution in [2.24, 2.45) is 5.84 Å². The summed E-state index contributed by atoms with van der Waals surface area (Å²) in [6.07, 6.45) is 5.32. The molecule has 0 aliphatic carbocycles. The number of nitrogens with two attached hydrogens (primary N) is 1. The molecule has 1 saturated heterocycles. The van der Waals surface area contributed by atoms with E-state index >= 15 is 0 Å². The van der Waals surface area contributed by atoms with Gasteiger partial charge in [-0.1, -0.05) is 23.2 Å². The fourth-order valence-corrected chi connectivity index (χ4v) is 6.14. The first-order valence-corrected chi connectivity index (χ1v) is 15.8. The second-order valence-corrected chi connectivity index (χ2v) is 13.2. The molecule has 1 aliphatic heterocycles. The van der Waals surface area contributed by atoms with E-state index in [4.69, 9.17) is 33.5 Å². The predicted octanol–water partition coefficient (Wildman–Crippen LogP) is 7.21. The third-order valence-corrected chi connectivity index (χ3v) is 8.73. The van der Waals surface area contributed by atoms with Crippen LogP contribution in [0.3, 0.4) is 0 Å². The fraction of sp³-hybridized carbons (Fsp3) is 0.364. The van der Waals surface area contributed by atoms with Crippen LogP contribution in [0.2, 0.25) is 10.0 Å². The largest absolute Gasteiger partial charge is 0.446 e. The minimum atomic E-state index is -0.558. The Morgan fingerprint density at radius 2 is 1.87 bits per heavy atom. The van der Waals surface area contributed by atoms with Crippen molar-refractivity contribution < 1.29 is 8.81 Å². The van der Waals surface area contributed by atoms with Crippen LogP contribution in [0.25, 0.3) is 10.9 Å². The first kappa shape index (κ1) is 33.3. The van der Waals surface area contributed by atoms with Crippen LogP contribution in [0.15, 0.2) is 52.8 Å². The number of piperidine rings is 1. The van der Waals surface area contributed by atoms with E-state index < -0.39 is 11.9 Å². The average Bonchev–Trinajstić information content (AvgIpc) is 3.35. The molecule has 1 fully saturated rings. The van der Waals surface area contributed by atoms with Crippen molar-refractivity contribution in [3.63, 3.8) is 0 Å². The lowest BCUT2D eigenvalue weighted by molar-refractivity contribution is 0.0988. The molecule has 2 aromatic carbocycles. The average molecular weight is 667 g/mol. The number of hydrogen-bond donors (Lipinski definition) is 5. The van der Waals surface area contributed by atoms with Gasteiger partial charge in [0.2, 0.25) is 0 Å². The molecule has 4 aromatic rings. The Morgan fingerprint density at radius 1 is 1.15 bits per heavy atom.